The lowest BCUT2D eigenvalue weighted by molar-refractivity contribution is -0.124. The molecule has 1 fully saturated rings. The van der Waals surface area contributed by atoms with Crippen LogP contribution < -0.4 is 24.8 Å². The Kier molecular flexibility index (Phi) is 6.70. The van der Waals surface area contributed by atoms with E-state index in [0.717, 1.165) is 5.39 Å². The summed E-state index contributed by atoms with van der Waals surface area (Å²) in [6, 6.07) is 10.3. The predicted molar refractivity (Wildman–Crippen MR) is 138 cm³/mol. The number of hydrogen-bond acceptors (Lipinski definition) is 6. The Morgan fingerprint density at radius 2 is 1.74 bits per heavy atom. The van der Waals surface area contributed by atoms with Crippen LogP contribution in [0.4, 0.5) is 5.69 Å². The predicted octanol–water partition coefficient (Wildman–Crippen LogP) is 6.09. The van der Waals surface area contributed by atoms with Crippen molar-refractivity contribution in [1.29, 1.82) is 0 Å². The van der Waals surface area contributed by atoms with Gasteiger partial charge >= 0.3 is 0 Å². The summed E-state index contributed by atoms with van der Waals surface area (Å²) >= 11 is 23.8. The molecule has 11 heteroatoms. The summed E-state index contributed by atoms with van der Waals surface area (Å²) in [7, 11) is 3.12. The van der Waals surface area contributed by atoms with E-state index in [1.165, 1.54) is 0 Å². The number of aromatic nitrogens is 1. The molecule has 0 saturated heterocycles. The molecule has 34 heavy (non-hydrogen) atoms. The fourth-order valence-corrected chi connectivity index (χ4v) is 4.50. The number of thiocarbonyl (C=S) groups is 1. The Hall–Kier alpha value is -2.52. The summed E-state index contributed by atoms with van der Waals surface area (Å²) in [5, 5.41) is 6.70. The molecule has 7 nitrogen and oxygen atoms in total. The number of nitrogens with zero attached hydrogens (tertiary/aromatic N) is 1. The number of benzene rings is 2. The van der Waals surface area contributed by atoms with E-state index in [1.54, 1.807) is 63.7 Å². The molecular weight excluding hydrogens is 521 g/mol. The molecule has 1 heterocycles. The van der Waals surface area contributed by atoms with Crippen LogP contribution in [0.15, 0.2) is 42.6 Å². The van der Waals surface area contributed by atoms with E-state index >= 15 is 0 Å². The van der Waals surface area contributed by atoms with E-state index in [0.29, 0.717) is 45.6 Å². The van der Waals surface area contributed by atoms with E-state index < -0.39 is 9.75 Å². The highest BCUT2D eigenvalue weighted by atomic mass is 35.5. The van der Waals surface area contributed by atoms with Gasteiger partial charge in [-0.3, -0.25) is 9.78 Å². The molecule has 4 rings (SSSR count). The zero-order valence-corrected chi connectivity index (χ0v) is 21.5. The molecule has 1 saturated carbocycles. The fourth-order valence-electron chi connectivity index (χ4n) is 3.37. The Morgan fingerprint density at radius 3 is 2.35 bits per heavy atom. The van der Waals surface area contributed by atoms with Crippen LogP contribution in [0.25, 0.3) is 10.9 Å². The second-order valence-corrected chi connectivity index (χ2v) is 10.2. The zero-order valence-electron chi connectivity index (χ0n) is 18.4. The minimum absolute atomic E-state index is 0.105. The van der Waals surface area contributed by atoms with Crippen molar-refractivity contribution in [3.63, 3.8) is 0 Å². The summed E-state index contributed by atoms with van der Waals surface area (Å²) in [4.78, 5) is 16.8. The number of carbonyl (C=O) groups is 1. The third-order valence-corrected chi connectivity index (χ3v) is 7.20. The van der Waals surface area contributed by atoms with Crippen molar-refractivity contribution in [1.82, 2.24) is 10.3 Å². The van der Waals surface area contributed by atoms with Gasteiger partial charge in [0.2, 0.25) is 5.91 Å². The number of halogens is 3. The summed E-state index contributed by atoms with van der Waals surface area (Å²) in [5.74, 6) is 1.73. The quantitative estimate of drug-likeness (QED) is 0.289. The molecular formula is C23H20Cl3N3O4S. The molecule has 2 N–H and O–H groups in total. The van der Waals surface area contributed by atoms with Crippen molar-refractivity contribution in [2.24, 2.45) is 5.41 Å². The smallest absolute Gasteiger partial charge is 0.235 e. The first-order valence-electron chi connectivity index (χ1n) is 10.1. The first-order valence-corrected chi connectivity index (χ1v) is 11.6. The van der Waals surface area contributed by atoms with E-state index in [1.807, 2.05) is 0 Å². The molecule has 1 aliphatic rings. The molecule has 1 unspecified atom stereocenters. The number of rotatable bonds is 6. The van der Waals surface area contributed by atoms with E-state index in [2.05, 4.69) is 15.6 Å². The first-order chi connectivity index (χ1) is 16.1. The summed E-state index contributed by atoms with van der Waals surface area (Å²) < 4.78 is 15.7. The Morgan fingerprint density at radius 1 is 1.06 bits per heavy atom. The Balaban J connectivity index is 1.49. The van der Waals surface area contributed by atoms with Gasteiger partial charge < -0.3 is 24.8 Å². The number of ether oxygens (including phenoxy) is 3. The van der Waals surface area contributed by atoms with Gasteiger partial charge in [0.1, 0.15) is 15.8 Å². The maximum atomic E-state index is 12.4. The highest BCUT2D eigenvalue weighted by Gasteiger charge is 2.68. The first kappa shape index (κ1) is 24.6. The number of carbonyl (C=O) groups excluding carboxylic acids is 1. The van der Waals surface area contributed by atoms with Crippen molar-refractivity contribution < 1.29 is 19.0 Å². The lowest BCUT2D eigenvalue weighted by atomic mass is 10.1. The van der Waals surface area contributed by atoms with Crippen LogP contribution in [-0.4, -0.2) is 34.6 Å². The number of alkyl halides is 2. The normalized spacial score (nSPS) is 18.2. The average Bonchev–Trinajstić information content (AvgIpc) is 3.33. The molecule has 178 valence electrons. The van der Waals surface area contributed by atoms with Crippen LogP contribution in [0.2, 0.25) is 5.02 Å². The number of anilines is 1. The second-order valence-electron chi connectivity index (χ2n) is 7.90. The standard InChI is InChI=1S/C23H20Cl3N3O4S/c1-22(11-23(22,25)26)20(30)29-21(34)28-12-4-5-17(14(24)8-12)33-16-6-7-27-15-10-19(32-3)18(31-2)9-13(15)16/h4-10H,11H2,1-3H3,(H2,28,29,30,34). The van der Waals surface area contributed by atoms with Crippen LogP contribution in [0.1, 0.15) is 13.3 Å². The molecule has 1 amide bonds. The van der Waals surface area contributed by atoms with Crippen molar-refractivity contribution >= 4 is 74.6 Å². The highest BCUT2D eigenvalue weighted by Crippen LogP contribution is 2.63. The van der Waals surface area contributed by atoms with E-state index in [9.17, 15) is 4.79 Å². The number of amides is 1. The largest absolute Gasteiger partial charge is 0.493 e. The number of hydrogen-bond donors (Lipinski definition) is 2. The molecule has 0 spiro atoms. The van der Waals surface area contributed by atoms with Gasteiger partial charge in [0, 0.05) is 23.3 Å². The van der Waals surface area contributed by atoms with Gasteiger partial charge in [0.25, 0.3) is 0 Å². The molecule has 0 bridgehead atoms. The van der Waals surface area contributed by atoms with Crippen molar-refractivity contribution in [3.05, 3.63) is 47.6 Å². The van der Waals surface area contributed by atoms with Crippen LogP contribution in [0, 0.1) is 5.41 Å². The monoisotopic (exact) mass is 539 g/mol. The number of pyridine rings is 1. The topological polar surface area (TPSA) is 81.7 Å². The van der Waals surface area contributed by atoms with Gasteiger partial charge in [0.05, 0.1) is 30.2 Å². The number of methoxy groups -OCH3 is 2. The maximum Gasteiger partial charge on any atom is 0.235 e. The highest BCUT2D eigenvalue weighted by molar-refractivity contribution is 7.80. The minimum atomic E-state index is -1.08. The van der Waals surface area contributed by atoms with Gasteiger partial charge in [0.15, 0.2) is 16.6 Å². The minimum Gasteiger partial charge on any atom is -0.493 e. The van der Waals surface area contributed by atoms with E-state index in [-0.39, 0.29) is 11.0 Å². The molecule has 0 aliphatic heterocycles. The number of nitrogens with one attached hydrogen (secondary N) is 2. The summed E-state index contributed by atoms with van der Waals surface area (Å²) in [6.07, 6.45) is 1.99. The van der Waals surface area contributed by atoms with Gasteiger partial charge in [-0.05, 0) is 55.9 Å². The van der Waals surface area contributed by atoms with Gasteiger partial charge in [-0.2, -0.15) is 0 Å². The third kappa shape index (κ3) is 4.68. The summed E-state index contributed by atoms with van der Waals surface area (Å²) in [5.41, 5.74) is 0.363. The molecule has 3 aromatic rings. The molecule has 1 aromatic heterocycles. The van der Waals surface area contributed by atoms with Crippen molar-refractivity contribution in [3.8, 4) is 23.0 Å². The van der Waals surface area contributed by atoms with Crippen LogP contribution in [-0.2, 0) is 4.79 Å². The van der Waals surface area contributed by atoms with Gasteiger partial charge in [-0.25, -0.2) is 0 Å². The zero-order chi connectivity index (χ0) is 24.7. The van der Waals surface area contributed by atoms with Gasteiger partial charge in [-0.1, -0.05) is 11.6 Å². The fraction of sp³-hybridized carbons (Fsp3) is 0.261. The molecule has 2 aromatic carbocycles. The average molecular weight is 541 g/mol. The third-order valence-electron chi connectivity index (χ3n) is 5.60. The van der Waals surface area contributed by atoms with Gasteiger partial charge in [-0.15, -0.1) is 23.2 Å². The maximum absolute atomic E-state index is 12.4. The van der Waals surface area contributed by atoms with Crippen LogP contribution in [0.3, 0.4) is 0 Å². The van der Waals surface area contributed by atoms with Crippen molar-refractivity contribution in [2.45, 2.75) is 17.7 Å². The molecule has 1 aliphatic carbocycles. The lowest BCUT2D eigenvalue weighted by Gasteiger charge is -2.16. The number of fused-ring (bicyclic) bond motifs is 1. The molecule has 0 radical (unpaired) electrons. The summed E-state index contributed by atoms with van der Waals surface area (Å²) in [6.45, 7) is 1.68. The van der Waals surface area contributed by atoms with E-state index in [4.69, 9.17) is 61.2 Å². The van der Waals surface area contributed by atoms with Crippen LogP contribution >= 0.6 is 47.0 Å². The SMILES string of the molecule is COc1cc2nccc(Oc3ccc(NC(=S)NC(=O)C4(C)CC4(Cl)Cl)cc3Cl)c2cc1OC. The van der Waals surface area contributed by atoms with Crippen molar-refractivity contribution in [2.75, 3.05) is 19.5 Å². The lowest BCUT2D eigenvalue weighted by Crippen LogP contribution is -2.40. The molecule has 1 atom stereocenters. The Labute approximate surface area is 216 Å². The Bertz CT molecular complexity index is 1300. The van der Waals surface area contributed by atoms with Crippen LogP contribution in [0.5, 0.6) is 23.0 Å². The second kappa shape index (κ2) is 9.26.